The molecule has 1 aromatic rings. The first-order valence-corrected chi connectivity index (χ1v) is 7.74. The molecular formula is C17H29N3O. The molecule has 0 bridgehead atoms. The first-order chi connectivity index (χ1) is 9.72. The van der Waals surface area contributed by atoms with Crippen LogP contribution in [0, 0.1) is 0 Å². The lowest BCUT2D eigenvalue weighted by Gasteiger charge is -2.46. The molecule has 2 rings (SSSR count). The summed E-state index contributed by atoms with van der Waals surface area (Å²) in [6.07, 6.45) is 3.72. The van der Waals surface area contributed by atoms with Gasteiger partial charge in [-0.15, -0.1) is 0 Å². The van der Waals surface area contributed by atoms with E-state index in [0.29, 0.717) is 6.54 Å². The van der Waals surface area contributed by atoms with Gasteiger partial charge in [-0.1, -0.05) is 6.07 Å². The van der Waals surface area contributed by atoms with Gasteiger partial charge in [0.1, 0.15) is 0 Å². The van der Waals surface area contributed by atoms with E-state index in [1.807, 2.05) is 18.3 Å². The molecule has 4 nitrogen and oxygen atoms in total. The van der Waals surface area contributed by atoms with Gasteiger partial charge in [0.15, 0.2) is 0 Å². The smallest absolute Gasteiger partial charge is 0.0829 e. The molecule has 0 saturated carbocycles. The third-order valence-electron chi connectivity index (χ3n) is 4.87. The number of nitrogens with zero attached hydrogens (tertiary/aromatic N) is 2. The van der Waals surface area contributed by atoms with Gasteiger partial charge in [0.25, 0.3) is 0 Å². The highest BCUT2D eigenvalue weighted by atomic mass is 16.5. The molecule has 1 aliphatic heterocycles. The van der Waals surface area contributed by atoms with Crippen molar-refractivity contribution < 1.29 is 4.74 Å². The fourth-order valence-corrected chi connectivity index (χ4v) is 3.85. The highest BCUT2D eigenvalue weighted by Gasteiger charge is 2.58. The number of ether oxygens (including phenoxy) is 1. The second-order valence-electron chi connectivity index (χ2n) is 7.28. The van der Waals surface area contributed by atoms with Crippen LogP contribution >= 0.6 is 0 Å². The molecule has 2 N–H and O–H groups in total. The van der Waals surface area contributed by atoms with E-state index in [2.05, 4.69) is 50.7 Å². The fourth-order valence-electron chi connectivity index (χ4n) is 3.85. The van der Waals surface area contributed by atoms with Crippen LogP contribution in [0.5, 0.6) is 0 Å². The zero-order chi connectivity index (χ0) is 15.7. The lowest BCUT2D eigenvalue weighted by molar-refractivity contribution is -0.0998. The second kappa shape index (κ2) is 5.67. The Morgan fingerprint density at radius 3 is 2.48 bits per heavy atom. The van der Waals surface area contributed by atoms with Crippen molar-refractivity contribution in [1.29, 1.82) is 0 Å². The molecule has 0 radical (unpaired) electrons. The molecule has 1 aromatic heterocycles. The van der Waals surface area contributed by atoms with Crippen molar-refractivity contribution in [2.45, 2.75) is 57.3 Å². The lowest BCUT2D eigenvalue weighted by atomic mass is 9.77. The molecule has 0 aliphatic carbocycles. The Bertz CT molecular complexity index is 472. The Morgan fingerprint density at radius 1 is 1.29 bits per heavy atom. The molecule has 0 amide bonds. The van der Waals surface area contributed by atoms with Crippen molar-refractivity contribution >= 4 is 0 Å². The monoisotopic (exact) mass is 291 g/mol. The summed E-state index contributed by atoms with van der Waals surface area (Å²) < 4.78 is 6.28. The van der Waals surface area contributed by atoms with Crippen LogP contribution in [0.3, 0.4) is 0 Å². The Kier molecular flexibility index (Phi) is 4.43. The van der Waals surface area contributed by atoms with Crippen molar-refractivity contribution in [3.8, 4) is 0 Å². The van der Waals surface area contributed by atoms with E-state index < -0.39 is 0 Å². The molecule has 21 heavy (non-hydrogen) atoms. The number of aromatic nitrogens is 1. The van der Waals surface area contributed by atoms with Crippen LogP contribution in [0.25, 0.3) is 0 Å². The van der Waals surface area contributed by atoms with Crippen molar-refractivity contribution in [3.63, 3.8) is 0 Å². The molecule has 1 saturated heterocycles. The maximum absolute atomic E-state index is 6.28. The van der Waals surface area contributed by atoms with Gasteiger partial charge >= 0.3 is 0 Å². The third-order valence-corrected chi connectivity index (χ3v) is 4.87. The summed E-state index contributed by atoms with van der Waals surface area (Å²) in [6, 6.07) is 6.06. The van der Waals surface area contributed by atoms with E-state index in [1.165, 1.54) is 0 Å². The Morgan fingerprint density at radius 2 is 2.00 bits per heavy atom. The normalized spacial score (nSPS) is 27.2. The van der Waals surface area contributed by atoms with Crippen LogP contribution < -0.4 is 5.73 Å². The maximum Gasteiger partial charge on any atom is 0.0829 e. The fraction of sp³-hybridized carbons (Fsp3) is 0.706. The quantitative estimate of drug-likeness (QED) is 0.904. The molecular weight excluding hydrogens is 262 g/mol. The minimum atomic E-state index is -0.260. The molecule has 1 aliphatic rings. The van der Waals surface area contributed by atoms with Gasteiger partial charge in [-0.05, 0) is 53.3 Å². The Labute approximate surface area is 128 Å². The predicted octanol–water partition coefficient (Wildman–Crippen LogP) is 2.23. The predicted molar refractivity (Wildman–Crippen MR) is 86.2 cm³/mol. The second-order valence-corrected chi connectivity index (χ2v) is 7.28. The summed E-state index contributed by atoms with van der Waals surface area (Å²) >= 11 is 0. The summed E-state index contributed by atoms with van der Waals surface area (Å²) in [6.45, 7) is 10.1. The number of hydrogen-bond acceptors (Lipinski definition) is 4. The molecule has 118 valence electrons. The summed E-state index contributed by atoms with van der Waals surface area (Å²) in [5.74, 6) is 0. The molecule has 4 heteroatoms. The average Bonchev–Trinajstić information content (AvgIpc) is 2.62. The standard InChI is InChI=1S/C17H29N3O/c1-15(2)12-17(13-18,16(3,4)21-15)20(5)11-9-14-8-6-7-10-19-14/h6-8,10H,9,11-13,18H2,1-5H3. The number of hydrogen-bond donors (Lipinski definition) is 1. The van der Waals surface area contributed by atoms with Crippen molar-refractivity contribution in [2.75, 3.05) is 20.1 Å². The first kappa shape index (κ1) is 16.4. The highest BCUT2D eigenvalue weighted by Crippen LogP contribution is 2.47. The summed E-state index contributed by atoms with van der Waals surface area (Å²) in [5.41, 5.74) is 6.79. The van der Waals surface area contributed by atoms with Gasteiger partial charge in [0.05, 0.1) is 16.7 Å². The highest BCUT2D eigenvalue weighted by molar-refractivity contribution is 5.13. The molecule has 0 aromatic carbocycles. The summed E-state index contributed by atoms with van der Waals surface area (Å²) in [4.78, 5) is 6.77. The van der Waals surface area contributed by atoms with Gasteiger partial charge in [-0.25, -0.2) is 0 Å². The third kappa shape index (κ3) is 3.12. The topological polar surface area (TPSA) is 51.4 Å². The summed E-state index contributed by atoms with van der Waals surface area (Å²) in [5, 5.41) is 0. The largest absolute Gasteiger partial charge is 0.368 e. The lowest BCUT2D eigenvalue weighted by Crippen LogP contribution is -2.62. The maximum atomic E-state index is 6.28. The van der Waals surface area contributed by atoms with E-state index in [9.17, 15) is 0 Å². The van der Waals surface area contributed by atoms with Crippen LogP contribution in [0.1, 0.15) is 39.8 Å². The number of pyridine rings is 1. The molecule has 0 spiro atoms. The van der Waals surface area contributed by atoms with E-state index in [1.54, 1.807) is 0 Å². The SMILES string of the molecule is CN(CCc1ccccn1)C1(CN)CC(C)(C)OC1(C)C. The van der Waals surface area contributed by atoms with Crippen LogP contribution in [0.15, 0.2) is 24.4 Å². The van der Waals surface area contributed by atoms with E-state index in [0.717, 1.165) is 25.1 Å². The van der Waals surface area contributed by atoms with Gasteiger partial charge in [0.2, 0.25) is 0 Å². The average molecular weight is 291 g/mol. The van der Waals surface area contributed by atoms with Gasteiger partial charge < -0.3 is 10.5 Å². The zero-order valence-corrected chi connectivity index (χ0v) is 14.0. The molecule has 1 unspecified atom stereocenters. The minimum Gasteiger partial charge on any atom is -0.368 e. The molecule has 2 heterocycles. The van der Waals surface area contributed by atoms with Gasteiger partial charge in [0, 0.05) is 31.4 Å². The molecule has 1 atom stereocenters. The number of likely N-dealkylation sites (N-methyl/N-ethyl adjacent to an activating group) is 1. The Hall–Kier alpha value is -0.970. The first-order valence-electron chi connectivity index (χ1n) is 7.74. The Balaban J connectivity index is 2.13. The van der Waals surface area contributed by atoms with E-state index in [4.69, 9.17) is 10.5 Å². The van der Waals surface area contributed by atoms with E-state index in [-0.39, 0.29) is 16.7 Å². The van der Waals surface area contributed by atoms with Crippen molar-refractivity contribution in [3.05, 3.63) is 30.1 Å². The van der Waals surface area contributed by atoms with Crippen LogP contribution in [-0.2, 0) is 11.2 Å². The van der Waals surface area contributed by atoms with Crippen molar-refractivity contribution in [2.24, 2.45) is 5.73 Å². The van der Waals surface area contributed by atoms with E-state index >= 15 is 0 Å². The van der Waals surface area contributed by atoms with Crippen LogP contribution in [-0.4, -0.2) is 46.8 Å². The van der Waals surface area contributed by atoms with Gasteiger partial charge in [-0.2, -0.15) is 0 Å². The number of nitrogens with two attached hydrogens (primary N) is 1. The number of rotatable bonds is 5. The van der Waals surface area contributed by atoms with Crippen LogP contribution in [0.4, 0.5) is 0 Å². The van der Waals surface area contributed by atoms with Crippen molar-refractivity contribution in [1.82, 2.24) is 9.88 Å². The molecule has 1 fully saturated rings. The van der Waals surface area contributed by atoms with Gasteiger partial charge in [-0.3, -0.25) is 9.88 Å². The zero-order valence-electron chi connectivity index (χ0n) is 14.0. The van der Waals surface area contributed by atoms with Crippen LogP contribution in [0.2, 0.25) is 0 Å². The summed E-state index contributed by atoms with van der Waals surface area (Å²) in [7, 11) is 2.16. The minimum absolute atomic E-state index is 0.134.